The van der Waals surface area contributed by atoms with Crippen molar-refractivity contribution < 1.29 is 0 Å². The highest BCUT2D eigenvalue weighted by molar-refractivity contribution is 4.86. The summed E-state index contributed by atoms with van der Waals surface area (Å²) in [4.78, 5) is 0. The minimum atomic E-state index is 0.426. The van der Waals surface area contributed by atoms with Crippen LogP contribution in [0.3, 0.4) is 0 Å². The molecule has 0 spiro atoms. The molecule has 1 aliphatic carbocycles. The normalized spacial score (nSPS) is 22.6. The van der Waals surface area contributed by atoms with Gasteiger partial charge in [0.1, 0.15) is 0 Å². The van der Waals surface area contributed by atoms with Crippen LogP contribution in [-0.4, -0.2) is 24.7 Å². The molecule has 1 aliphatic rings. The van der Waals surface area contributed by atoms with Crippen molar-refractivity contribution in [3.05, 3.63) is 0 Å². The van der Waals surface area contributed by atoms with Crippen molar-refractivity contribution >= 4 is 0 Å². The maximum Gasteiger partial charge on any atom is 0.0153 e. The first-order valence-electron chi connectivity index (χ1n) is 6.65. The zero-order chi connectivity index (χ0) is 11.1. The third-order valence-corrected chi connectivity index (χ3v) is 3.74. The molecule has 15 heavy (non-hydrogen) atoms. The predicted octanol–water partition coefficient (Wildman–Crippen LogP) is 2.69. The van der Waals surface area contributed by atoms with Crippen LogP contribution < -0.4 is 10.6 Å². The zero-order valence-electron chi connectivity index (χ0n) is 10.7. The molecule has 1 fully saturated rings. The fourth-order valence-electron chi connectivity index (χ4n) is 2.34. The van der Waals surface area contributed by atoms with E-state index < -0.39 is 0 Å². The first-order chi connectivity index (χ1) is 7.16. The molecule has 0 radical (unpaired) electrons. The van der Waals surface area contributed by atoms with E-state index in [0.717, 1.165) is 13.1 Å². The van der Waals surface area contributed by atoms with Gasteiger partial charge in [0.2, 0.25) is 0 Å². The third-order valence-electron chi connectivity index (χ3n) is 3.74. The average molecular weight is 212 g/mol. The minimum Gasteiger partial charge on any atom is -0.313 e. The van der Waals surface area contributed by atoms with Crippen LogP contribution >= 0.6 is 0 Å². The summed E-state index contributed by atoms with van der Waals surface area (Å²) < 4.78 is 0. The van der Waals surface area contributed by atoms with Crippen molar-refractivity contribution in [2.75, 3.05) is 13.1 Å². The molecule has 2 heteroatoms. The predicted molar refractivity (Wildman–Crippen MR) is 67.2 cm³/mol. The highest BCUT2D eigenvalue weighted by Gasteiger charge is 2.25. The van der Waals surface area contributed by atoms with E-state index in [0.29, 0.717) is 11.6 Å². The molecule has 90 valence electrons. The van der Waals surface area contributed by atoms with Crippen LogP contribution in [0.5, 0.6) is 0 Å². The van der Waals surface area contributed by atoms with E-state index in [4.69, 9.17) is 0 Å². The van der Waals surface area contributed by atoms with Crippen molar-refractivity contribution in [1.29, 1.82) is 0 Å². The van der Waals surface area contributed by atoms with E-state index in [2.05, 4.69) is 31.4 Å². The fourth-order valence-corrected chi connectivity index (χ4v) is 2.34. The van der Waals surface area contributed by atoms with Gasteiger partial charge in [-0.15, -0.1) is 0 Å². The maximum absolute atomic E-state index is 3.71. The van der Waals surface area contributed by atoms with E-state index in [1.54, 1.807) is 0 Å². The first-order valence-corrected chi connectivity index (χ1v) is 6.65. The van der Waals surface area contributed by atoms with Crippen LogP contribution in [0.15, 0.2) is 0 Å². The third kappa shape index (κ3) is 4.98. The quantitative estimate of drug-likeness (QED) is 0.662. The summed E-state index contributed by atoms with van der Waals surface area (Å²) in [5.41, 5.74) is 0.426. The molecular weight excluding hydrogens is 184 g/mol. The lowest BCUT2D eigenvalue weighted by Gasteiger charge is -2.35. The second-order valence-corrected chi connectivity index (χ2v) is 5.31. The monoisotopic (exact) mass is 212 g/mol. The molecule has 1 unspecified atom stereocenters. The van der Waals surface area contributed by atoms with Crippen molar-refractivity contribution in [2.24, 2.45) is 0 Å². The molecular formula is C13H28N2. The summed E-state index contributed by atoms with van der Waals surface area (Å²) in [6.07, 6.45) is 8.18. The summed E-state index contributed by atoms with van der Waals surface area (Å²) in [6, 6.07) is 0.658. The lowest BCUT2D eigenvalue weighted by atomic mass is 9.83. The Labute approximate surface area is 95.2 Å². The molecule has 2 N–H and O–H groups in total. The van der Waals surface area contributed by atoms with Crippen molar-refractivity contribution in [2.45, 2.75) is 70.9 Å². The van der Waals surface area contributed by atoms with Crippen molar-refractivity contribution in [3.63, 3.8) is 0 Å². The molecule has 1 saturated carbocycles. The summed E-state index contributed by atoms with van der Waals surface area (Å²) in [5, 5.41) is 7.24. The van der Waals surface area contributed by atoms with Crippen LogP contribution in [0.25, 0.3) is 0 Å². The van der Waals surface area contributed by atoms with Gasteiger partial charge in [-0.1, -0.05) is 26.2 Å². The largest absolute Gasteiger partial charge is 0.313 e. The van der Waals surface area contributed by atoms with Crippen LogP contribution in [-0.2, 0) is 0 Å². The summed E-state index contributed by atoms with van der Waals surface area (Å²) >= 11 is 0. The van der Waals surface area contributed by atoms with Gasteiger partial charge < -0.3 is 10.6 Å². The smallest absolute Gasteiger partial charge is 0.0153 e. The Balaban J connectivity index is 2.08. The Kier molecular flexibility index (Phi) is 5.62. The van der Waals surface area contributed by atoms with Gasteiger partial charge in [-0.05, 0) is 33.1 Å². The van der Waals surface area contributed by atoms with Crippen LogP contribution in [0.1, 0.15) is 59.3 Å². The van der Waals surface area contributed by atoms with Crippen LogP contribution in [0.2, 0.25) is 0 Å². The number of rotatable bonds is 6. The summed E-state index contributed by atoms with van der Waals surface area (Å²) in [6.45, 7) is 9.08. The van der Waals surface area contributed by atoms with Crippen molar-refractivity contribution in [1.82, 2.24) is 10.6 Å². The molecule has 0 amide bonds. The molecule has 0 aliphatic heterocycles. The highest BCUT2D eigenvalue weighted by Crippen LogP contribution is 2.27. The average Bonchev–Trinajstić information content (AvgIpc) is 2.25. The molecule has 0 heterocycles. The van der Waals surface area contributed by atoms with Gasteiger partial charge >= 0.3 is 0 Å². The van der Waals surface area contributed by atoms with E-state index in [9.17, 15) is 0 Å². The number of nitrogens with one attached hydrogen (secondary N) is 2. The molecule has 2 nitrogen and oxygen atoms in total. The Morgan fingerprint density at radius 1 is 1.13 bits per heavy atom. The molecule has 0 saturated heterocycles. The van der Waals surface area contributed by atoms with E-state index in [1.807, 2.05) is 0 Å². The minimum absolute atomic E-state index is 0.426. The van der Waals surface area contributed by atoms with E-state index in [1.165, 1.54) is 38.5 Å². The molecule has 0 aromatic carbocycles. The Hall–Kier alpha value is -0.0800. The van der Waals surface area contributed by atoms with Gasteiger partial charge in [-0.2, -0.15) is 0 Å². The summed E-state index contributed by atoms with van der Waals surface area (Å²) in [7, 11) is 0. The first kappa shape index (κ1) is 13.0. The summed E-state index contributed by atoms with van der Waals surface area (Å²) in [5.74, 6) is 0. The van der Waals surface area contributed by atoms with E-state index >= 15 is 0 Å². The second kappa shape index (κ2) is 6.49. The lowest BCUT2D eigenvalue weighted by molar-refractivity contribution is 0.254. The molecule has 0 bridgehead atoms. The van der Waals surface area contributed by atoms with Gasteiger partial charge in [-0.3, -0.25) is 0 Å². The van der Waals surface area contributed by atoms with Gasteiger partial charge in [0.25, 0.3) is 0 Å². The Morgan fingerprint density at radius 3 is 2.40 bits per heavy atom. The maximum atomic E-state index is 3.71. The van der Waals surface area contributed by atoms with Crippen molar-refractivity contribution in [3.8, 4) is 0 Å². The fraction of sp³-hybridized carbons (Fsp3) is 1.00. The van der Waals surface area contributed by atoms with Crippen LogP contribution in [0.4, 0.5) is 0 Å². The molecule has 1 rings (SSSR count). The highest BCUT2D eigenvalue weighted by atomic mass is 15.0. The van der Waals surface area contributed by atoms with Crippen LogP contribution in [0, 0.1) is 0 Å². The van der Waals surface area contributed by atoms with Gasteiger partial charge in [-0.25, -0.2) is 0 Å². The lowest BCUT2D eigenvalue weighted by Crippen LogP contribution is -2.47. The van der Waals surface area contributed by atoms with Gasteiger partial charge in [0, 0.05) is 24.7 Å². The number of hydrogen-bond donors (Lipinski definition) is 2. The Morgan fingerprint density at radius 2 is 1.80 bits per heavy atom. The molecule has 0 aromatic heterocycles. The molecule has 0 aromatic rings. The number of hydrogen-bond acceptors (Lipinski definition) is 2. The van der Waals surface area contributed by atoms with Gasteiger partial charge in [0.15, 0.2) is 0 Å². The topological polar surface area (TPSA) is 24.1 Å². The SMILES string of the molecule is CCC(C)NCCNC1(C)CCCCC1. The standard InChI is InChI=1S/C13H28N2/c1-4-12(2)14-10-11-15-13(3)8-6-5-7-9-13/h12,14-15H,4-11H2,1-3H3. The van der Waals surface area contributed by atoms with Gasteiger partial charge in [0.05, 0.1) is 0 Å². The Bertz CT molecular complexity index is 162. The second-order valence-electron chi connectivity index (χ2n) is 5.31. The zero-order valence-corrected chi connectivity index (χ0v) is 10.7. The van der Waals surface area contributed by atoms with E-state index in [-0.39, 0.29) is 0 Å². The molecule has 1 atom stereocenters.